The van der Waals surface area contributed by atoms with Crippen molar-refractivity contribution in [3.8, 4) is 12.3 Å². The van der Waals surface area contributed by atoms with Crippen LogP contribution in [0.25, 0.3) is 0 Å². The summed E-state index contributed by atoms with van der Waals surface area (Å²) < 4.78 is 0. The molecule has 15 heavy (non-hydrogen) atoms. The second-order valence-electron chi connectivity index (χ2n) is 4.32. The number of rotatable bonds is 6. The molecule has 3 heteroatoms. The van der Waals surface area contributed by atoms with Gasteiger partial charge in [-0.1, -0.05) is 12.8 Å². The summed E-state index contributed by atoms with van der Waals surface area (Å²) in [7, 11) is 1.86. The summed E-state index contributed by atoms with van der Waals surface area (Å²) >= 11 is 0. The van der Waals surface area contributed by atoms with Crippen molar-refractivity contribution >= 4 is 5.91 Å². The van der Waals surface area contributed by atoms with Crippen LogP contribution in [0.3, 0.4) is 0 Å². The number of hydrogen-bond acceptors (Lipinski definition) is 2. The van der Waals surface area contributed by atoms with E-state index in [1.807, 2.05) is 18.9 Å². The number of carbonyl (C=O) groups is 1. The first-order valence-corrected chi connectivity index (χ1v) is 5.55. The van der Waals surface area contributed by atoms with Gasteiger partial charge in [-0.2, -0.15) is 0 Å². The van der Waals surface area contributed by atoms with E-state index in [1.54, 1.807) is 0 Å². The Morgan fingerprint density at radius 3 is 2.80 bits per heavy atom. The monoisotopic (exact) mass is 208 g/mol. The summed E-state index contributed by atoms with van der Waals surface area (Å²) in [4.78, 5) is 13.8. The molecule has 1 N–H and O–H groups in total. The predicted octanol–water partition coefficient (Wildman–Crippen LogP) is 0.714. The molecule has 0 radical (unpaired) electrons. The Morgan fingerprint density at radius 2 is 2.33 bits per heavy atom. The van der Waals surface area contributed by atoms with E-state index in [2.05, 4.69) is 11.2 Å². The van der Waals surface area contributed by atoms with E-state index in [0.717, 1.165) is 6.54 Å². The Balaban J connectivity index is 2.45. The molecule has 1 rings (SSSR count). The van der Waals surface area contributed by atoms with Gasteiger partial charge in [0.25, 0.3) is 0 Å². The van der Waals surface area contributed by atoms with Crippen molar-refractivity contribution in [3.05, 3.63) is 0 Å². The highest BCUT2D eigenvalue weighted by Gasteiger charge is 2.28. The normalized spacial score (nSPS) is 16.9. The van der Waals surface area contributed by atoms with Gasteiger partial charge in [-0.05, 0) is 25.8 Å². The highest BCUT2D eigenvalue weighted by atomic mass is 16.2. The first-order valence-electron chi connectivity index (χ1n) is 5.55. The molecule has 0 spiro atoms. The third-order valence-electron chi connectivity index (χ3n) is 2.70. The molecule has 1 amide bonds. The SMILES string of the molecule is C#CCN(CC1CC1)C(=O)C(C)CNC. The molecule has 0 saturated heterocycles. The minimum Gasteiger partial charge on any atom is -0.331 e. The summed E-state index contributed by atoms with van der Waals surface area (Å²) in [6.07, 6.45) is 7.77. The van der Waals surface area contributed by atoms with Crippen LogP contribution in [0.4, 0.5) is 0 Å². The van der Waals surface area contributed by atoms with Crippen LogP contribution in [-0.4, -0.2) is 37.5 Å². The Bertz CT molecular complexity index is 253. The molecule has 84 valence electrons. The zero-order valence-electron chi connectivity index (χ0n) is 9.62. The van der Waals surface area contributed by atoms with E-state index >= 15 is 0 Å². The number of amides is 1. The van der Waals surface area contributed by atoms with Crippen LogP contribution >= 0.6 is 0 Å². The molecule has 1 atom stereocenters. The van der Waals surface area contributed by atoms with Gasteiger partial charge >= 0.3 is 0 Å². The second kappa shape index (κ2) is 5.77. The molecule has 1 unspecified atom stereocenters. The van der Waals surface area contributed by atoms with E-state index in [1.165, 1.54) is 12.8 Å². The van der Waals surface area contributed by atoms with Crippen LogP contribution < -0.4 is 5.32 Å². The smallest absolute Gasteiger partial charge is 0.227 e. The van der Waals surface area contributed by atoms with Gasteiger partial charge < -0.3 is 10.2 Å². The van der Waals surface area contributed by atoms with E-state index in [0.29, 0.717) is 19.0 Å². The lowest BCUT2D eigenvalue weighted by atomic mass is 10.1. The maximum Gasteiger partial charge on any atom is 0.227 e. The quantitative estimate of drug-likeness (QED) is 0.652. The van der Waals surface area contributed by atoms with Crippen LogP contribution in [0.2, 0.25) is 0 Å². The molecule has 0 aromatic rings. The number of hydrogen-bond donors (Lipinski definition) is 1. The predicted molar refractivity (Wildman–Crippen MR) is 61.2 cm³/mol. The van der Waals surface area contributed by atoms with Gasteiger partial charge in [0.15, 0.2) is 0 Å². The zero-order chi connectivity index (χ0) is 11.3. The molecule has 1 saturated carbocycles. The third-order valence-corrected chi connectivity index (χ3v) is 2.70. The molecule has 0 aromatic heterocycles. The third kappa shape index (κ3) is 3.93. The van der Waals surface area contributed by atoms with Crippen molar-refractivity contribution < 1.29 is 4.79 Å². The molecule has 0 aliphatic heterocycles. The minimum atomic E-state index is 0.0158. The summed E-state index contributed by atoms with van der Waals surface area (Å²) in [6.45, 7) is 3.94. The summed E-state index contributed by atoms with van der Waals surface area (Å²) in [5, 5.41) is 3.02. The van der Waals surface area contributed by atoms with E-state index in [-0.39, 0.29) is 11.8 Å². The van der Waals surface area contributed by atoms with E-state index in [4.69, 9.17) is 6.42 Å². The van der Waals surface area contributed by atoms with E-state index < -0.39 is 0 Å². The Kier molecular flexibility index (Phi) is 4.64. The maximum absolute atomic E-state index is 12.0. The second-order valence-corrected chi connectivity index (χ2v) is 4.32. The van der Waals surface area contributed by atoms with Crippen molar-refractivity contribution in [2.24, 2.45) is 11.8 Å². The molecule has 0 aromatic carbocycles. The highest BCUT2D eigenvalue weighted by molar-refractivity contribution is 5.79. The number of carbonyl (C=O) groups excluding carboxylic acids is 1. The van der Waals surface area contributed by atoms with Crippen LogP contribution in [-0.2, 0) is 4.79 Å². The molecule has 1 aliphatic carbocycles. The fourth-order valence-electron chi connectivity index (χ4n) is 1.66. The maximum atomic E-state index is 12.0. The first-order chi connectivity index (χ1) is 7.19. The fourth-order valence-corrected chi connectivity index (χ4v) is 1.66. The lowest BCUT2D eigenvalue weighted by molar-refractivity contribution is -0.134. The molecule has 1 fully saturated rings. The van der Waals surface area contributed by atoms with Gasteiger partial charge in [-0.15, -0.1) is 6.42 Å². The topological polar surface area (TPSA) is 32.3 Å². The summed E-state index contributed by atoms with van der Waals surface area (Å²) in [6, 6.07) is 0. The van der Waals surface area contributed by atoms with Crippen molar-refractivity contribution in [1.82, 2.24) is 10.2 Å². The van der Waals surface area contributed by atoms with Gasteiger partial charge in [0.1, 0.15) is 0 Å². The Labute approximate surface area is 92.2 Å². The molecule has 3 nitrogen and oxygen atoms in total. The summed E-state index contributed by atoms with van der Waals surface area (Å²) in [5.41, 5.74) is 0. The standard InChI is InChI=1S/C12H20N2O/c1-4-7-14(9-11-5-6-11)12(15)10(2)8-13-3/h1,10-11,13H,5-9H2,2-3H3. The van der Waals surface area contributed by atoms with Gasteiger partial charge in [0.05, 0.1) is 6.54 Å². The van der Waals surface area contributed by atoms with Crippen molar-refractivity contribution in [2.75, 3.05) is 26.7 Å². The van der Waals surface area contributed by atoms with Crippen LogP contribution in [0.1, 0.15) is 19.8 Å². The summed E-state index contributed by atoms with van der Waals surface area (Å²) in [5.74, 6) is 3.45. The van der Waals surface area contributed by atoms with Crippen molar-refractivity contribution in [3.63, 3.8) is 0 Å². The van der Waals surface area contributed by atoms with Gasteiger partial charge in [-0.3, -0.25) is 4.79 Å². The molecule has 0 bridgehead atoms. The minimum absolute atomic E-state index is 0.0158. The molecule has 0 heterocycles. The van der Waals surface area contributed by atoms with Gasteiger partial charge in [-0.25, -0.2) is 0 Å². The van der Waals surface area contributed by atoms with Gasteiger partial charge in [0, 0.05) is 19.0 Å². The zero-order valence-corrected chi connectivity index (χ0v) is 9.62. The molecular weight excluding hydrogens is 188 g/mol. The van der Waals surface area contributed by atoms with Crippen molar-refractivity contribution in [1.29, 1.82) is 0 Å². The lowest BCUT2D eigenvalue weighted by Gasteiger charge is -2.23. The lowest BCUT2D eigenvalue weighted by Crippen LogP contribution is -2.39. The molecular formula is C12H20N2O. The number of terminal acetylenes is 1. The fraction of sp³-hybridized carbons (Fsp3) is 0.750. The Hall–Kier alpha value is -1.01. The van der Waals surface area contributed by atoms with Crippen LogP contribution in [0.5, 0.6) is 0 Å². The van der Waals surface area contributed by atoms with Gasteiger partial charge in [0.2, 0.25) is 5.91 Å². The van der Waals surface area contributed by atoms with E-state index in [9.17, 15) is 4.79 Å². The average molecular weight is 208 g/mol. The van der Waals surface area contributed by atoms with Crippen LogP contribution in [0.15, 0.2) is 0 Å². The highest BCUT2D eigenvalue weighted by Crippen LogP contribution is 2.29. The Morgan fingerprint density at radius 1 is 1.67 bits per heavy atom. The number of nitrogens with zero attached hydrogens (tertiary/aromatic N) is 1. The number of nitrogens with one attached hydrogen (secondary N) is 1. The first kappa shape index (κ1) is 12.1. The molecule has 1 aliphatic rings. The van der Waals surface area contributed by atoms with Crippen molar-refractivity contribution in [2.45, 2.75) is 19.8 Å². The largest absolute Gasteiger partial charge is 0.331 e. The average Bonchev–Trinajstić information content (AvgIpc) is 3.00. The van der Waals surface area contributed by atoms with Crippen LogP contribution in [0, 0.1) is 24.2 Å².